The fraction of sp³-hybridized carbons (Fsp3) is 0.733. The molecule has 0 atom stereocenters. The van der Waals surface area contributed by atoms with Gasteiger partial charge in [0.15, 0.2) is 0 Å². The quantitative estimate of drug-likeness (QED) is 0.748. The lowest BCUT2D eigenvalue weighted by Crippen LogP contribution is -2.16. The summed E-state index contributed by atoms with van der Waals surface area (Å²) in [5.41, 5.74) is 6.17. The van der Waals surface area contributed by atoms with Crippen LogP contribution < -0.4 is 5.32 Å². The van der Waals surface area contributed by atoms with Gasteiger partial charge in [-0.2, -0.15) is 0 Å². The second-order valence-corrected chi connectivity index (χ2v) is 5.54. The number of nitrogens with one attached hydrogen (secondary N) is 1. The van der Waals surface area contributed by atoms with E-state index in [1.807, 2.05) is 0 Å². The molecule has 2 aliphatic rings. The Morgan fingerprint density at radius 1 is 1.19 bits per heavy atom. The maximum absolute atomic E-state index is 3.61. The number of rotatable bonds is 4. The summed E-state index contributed by atoms with van der Waals surface area (Å²) in [4.78, 5) is 0. The van der Waals surface area contributed by atoms with Crippen molar-refractivity contribution in [1.29, 1.82) is 0 Å². The van der Waals surface area contributed by atoms with Crippen molar-refractivity contribution >= 4 is 0 Å². The Balaban J connectivity index is 2.01. The molecular formula is C15H25N. The summed E-state index contributed by atoms with van der Waals surface area (Å²) in [5, 5.41) is 3.61. The Hall–Kier alpha value is -0.720. The molecule has 0 spiro atoms. The van der Waals surface area contributed by atoms with Gasteiger partial charge < -0.3 is 5.32 Å². The molecule has 0 aromatic carbocycles. The van der Waals surface area contributed by atoms with E-state index in [-0.39, 0.29) is 0 Å². The van der Waals surface area contributed by atoms with E-state index in [0.717, 1.165) is 5.92 Å². The van der Waals surface area contributed by atoms with Crippen molar-refractivity contribution in [2.75, 3.05) is 6.54 Å². The first-order valence-corrected chi connectivity index (χ1v) is 6.79. The van der Waals surface area contributed by atoms with Crippen molar-refractivity contribution in [2.24, 2.45) is 5.92 Å². The summed E-state index contributed by atoms with van der Waals surface area (Å²) < 4.78 is 0. The van der Waals surface area contributed by atoms with Crippen molar-refractivity contribution < 1.29 is 0 Å². The standard InChI is InChI=1S/C15H25N/c1-11-6-4-5-7-15(11)12(2)13(3)16-10-14-8-9-14/h14,16H,4-10H2,1-3H3/b13-12+. The molecule has 0 bridgehead atoms. The zero-order valence-electron chi connectivity index (χ0n) is 11.0. The molecule has 0 aliphatic heterocycles. The van der Waals surface area contributed by atoms with E-state index >= 15 is 0 Å². The number of hydrogen-bond acceptors (Lipinski definition) is 1. The Kier molecular flexibility index (Phi) is 3.73. The van der Waals surface area contributed by atoms with E-state index in [1.54, 1.807) is 11.1 Å². The lowest BCUT2D eigenvalue weighted by Gasteiger charge is -2.20. The van der Waals surface area contributed by atoms with Crippen molar-refractivity contribution in [3.8, 4) is 0 Å². The lowest BCUT2D eigenvalue weighted by atomic mass is 9.88. The molecule has 0 aromatic heterocycles. The molecule has 0 saturated heterocycles. The summed E-state index contributed by atoms with van der Waals surface area (Å²) in [6.07, 6.45) is 8.22. The van der Waals surface area contributed by atoms with Gasteiger partial charge in [0.2, 0.25) is 0 Å². The second-order valence-electron chi connectivity index (χ2n) is 5.54. The van der Waals surface area contributed by atoms with Crippen LogP contribution in [0, 0.1) is 5.92 Å². The van der Waals surface area contributed by atoms with Gasteiger partial charge in [-0.15, -0.1) is 0 Å². The van der Waals surface area contributed by atoms with Gasteiger partial charge in [-0.25, -0.2) is 0 Å². The molecule has 16 heavy (non-hydrogen) atoms. The predicted molar refractivity (Wildman–Crippen MR) is 70.3 cm³/mol. The molecule has 1 heteroatoms. The highest BCUT2D eigenvalue weighted by molar-refractivity contribution is 5.37. The van der Waals surface area contributed by atoms with E-state index in [9.17, 15) is 0 Å². The maximum atomic E-state index is 3.61. The van der Waals surface area contributed by atoms with Gasteiger partial charge in [-0.05, 0) is 76.4 Å². The summed E-state index contributed by atoms with van der Waals surface area (Å²) in [6.45, 7) is 8.04. The SMILES string of the molecule is CC1=C(/C(C)=C(\C)NCC2CC2)CCCC1. The van der Waals surface area contributed by atoms with E-state index in [4.69, 9.17) is 0 Å². The van der Waals surface area contributed by atoms with Crippen molar-refractivity contribution in [1.82, 2.24) is 5.32 Å². The minimum atomic E-state index is 0.962. The van der Waals surface area contributed by atoms with Crippen molar-refractivity contribution in [3.63, 3.8) is 0 Å². The van der Waals surface area contributed by atoms with Crippen LogP contribution in [0.3, 0.4) is 0 Å². The molecule has 1 saturated carbocycles. The average Bonchev–Trinajstić information content (AvgIpc) is 3.09. The lowest BCUT2D eigenvalue weighted by molar-refractivity contribution is 0.667. The molecule has 0 aromatic rings. The topological polar surface area (TPSA) is 12.0 Å². The van der Waals surface area contributed by atoms with Gasteiger partial charge in [0, 0.05) is 12.2 Å². The Morgan fingerprint density at radius 2 is 1.88 bits per heavy atom. The number of allylic oxidation sites excluding steroid dienone is 4. The molecule has 1 nitrogen and oxygen atoms in total. The summed E-state index contributed by atoms with van der Waals surface area (Å²) in [5.74, 6) is 0.962. The smallest absolute Gasteiger partial charge is 0.0172 e. The largest absolute Gasteiger partial charge is 0.388 e. The highest BCUT2D eigenvalue weighted by Gasteiger charge is 2.21. The first-order chi connectivity index (χ1) is 7.68. The van der Waals surface area contributed by atoms with E-state index in [2.05, 4.69) is 26.1 Å². The van der Waals surface area contributed by atoms with Gasteiger partial charge in [-0.3, -0.25) is 0 Å². The molecular weight excluding hydrogens is 194 g/mol. The van der Waals surface area contributed by atoms with Gasteiger partial charge in [-0.1, -0.05) is 5.57 Å². The highest BCUT2D eigenvalue weighted by atomic mass is 14.9. The molecule has 2 rings (SSSR count). The molecule has 0 radical (unpaired) electrons. The fourth-order valence-corrected chi connectivity index (χ4v) is 2.54. The predicted octanol–water partition coefficient (Wildman–Crippen LogP) is 4.17. The third-order valence-corrected chi connectivity index (χ3v) is 4.11. The summed E-state index contributed by atoms with van der Waals surface area (Å²) in [6, 6.07) is 0. The first kappa shape index (κ1) is 11.8. The molecule has 0 amide bonds. The minimum Gasteiger partial charge on any atom is -0.388 e. The summed E-state index contributed by atoms with van der Waals surface area (Å²) >= 11 is 0. The average molecular weight is 219 g/mol. The van der Waals surface area contributed by atoms with Crippen LogP contribution in [0.15, 0.2) is 22.4 Å². The van der Waals surface area contributed by atoms with Crippen LogP contribution in [-0.2, 0) is 0 Å². The second kappa shape index (κ2) is 5.07. The minimum absolute atomic E-state index is 0.962. The normalized spacial score (nSPS) is 23.2. The van der Waals surface area contributed by atoms with Gasteiger partial charge >= 0.3 is 0 Å². The van der Waals surface area contributed by atoms with Crippen LogP contribution in [0.25, 0.3) is 0 Å². The van der Waals surface area contributed by atoms with Crippen LogP contribution in [-0.4, -0.2) is 6.54 Å². The molecule has 1 fully saturated rings. The zero-order chi connectivity index (χ0) is 11.5. The third-order valence-electron chi connectivity index (χ3n) is 4.11. The van der Waals surface area contributed by atoms with Crippen molar-refractivity contribution in [2.45, 2.75) is 59.3 Å². The maximum Gasteiger partial charge on any atom is 0.0172 e. The van der Waals surface area contributed by atoms with E-state index < -0.39 is 0 Å². The molecule has 90 valence electrons. The van der Waals surface area contributed by atoms with Gasteiger partial charge in [0.25, 0.3) is 0 Å². The van der Waals surface area contributed by atoms with Crippen molar-refractivity contribution in [3.05, 3.63) is 22.4 Å². The molecule has 1 N–H and O–H groups in total. The summed E-state index contributed by atoms with van der Waals surface area (Å²) in [7, 11) is 0. The third kappa shape index (κ3) is 2.90. The monoisotopic (exact) mass is 219 g/mol. The molecule has 0 heterocycles. The Morgan fingerprint density at radius 3 is 2.50 bits per heavy atom. The molecule has 2 aliphatic carbocycles. The van der Waals surface area contributed by atoms with Crippen LogP contribution in [0.1, 0.15) is 59.3 Å². The number of hydrogen-bond donors (Lipinski definition) is 1. The first-order valence-electron chi connectivity index (χ1n) is 6.79. The Bertz CT molecular complexity index is 318. The molecule has 0 unspecified atom stereocenters. The highest BCUT2D eigenvalue weighted by Crippen LogP contribution is 2.31. The van der Waals surface area contributed by atoms with Crippen LogP contribution in [0.5, 0.6) is 0 Å². The Labute approximate surface area is 100 Å². The van der Waals surface area contributed by atoms with Crippen LogP contribution >= 0.6 is 0 Å². The van der Waals surface area contributed by atoms with E-state index in [1.165, 1.54) is 56.3 Å². The van der Waals surface area contributed by atoms with E-state index in [0.29, 0.717) is 0 Å². The van der Waals surface area contributed by atoms with Gasteiger partial charge in [0.1, 0.15) is 0 Å². The van der Waals surface area contributed by atoms with Gasteiger partial charge in [0.05, 0.1) is 0 Å². The van der Waals surface area contributed by atoms with Crippen LogP contribution in [0.2, 0.25) is 0 Å². The fourth-order valence-electron chi connectivity index (χ4n) is 2.54. The zero-order valence-corrected chi connectivity index (χ0v) is 11.0. The van der Waals surface area contributed by atoms with Crippen LogP contribution in [0.4, 0.5) is 0 Å².